The Balaban J connectivity index is 1.94. The Morgan fingerprint density at radius 3 is 2.33 bits per heavy atom. The highest BCUT2D eigenvalue weighted by atomic mass is 16.2. The monoisotopic (exact) mass is 279 g/mol. The van der Waals surface area contributed by atoms with E-state index < -0.39 is 0 Å². The minimum atomic E-state index is -0.159. The molecule has 0 spiro atoms. The second kappa shape index (κ2) is 5.32. The van der Waals surface area contributed by atoms with E-state index in [0.717, 1.165) is 23.1 Å². The van der Waals surface area contributed by atoms with E-state index in [9.17, 15) is 14.4 Å². The van der Waals surface area contributed by atoms with E-state index in [1.54, 1.807) is 12.1 Å². The first-order valence-electron chi connectivity index (χ1n) is 6.65. The summed E-state index contributed by atoms with van der Waals surface area (Å²) in [4.78, 5) is 35.3. The van der Waals surface area contributed by atoms with Crippen LogP contribution in [-0.2, 0) is 9.59 Å². The smallest absolute Gasteiger partial charge is 0.234 e. The van der Waals surface area contributed by atoms with Crippen LogP contribution in [0.3, 0.4) is 0 Å². The molecule has 4 heteroatoms. The number of amides is 1. The molecular weight excluding hydrogens is 266 g/mol. The number of rotatable bonds is 3. The van der Waals surface area contributed by atoms with Crippen LogP contribution in [0.2, 0.25) is 0 Å². The maximum Gasteiger partial charge on any atom is 0.234 e. The highest BCUT2D eigenvalue weighted by Crippen LogP contribution is 2.26. The van der Waals surface area contributed by atoms with Gasteiger partial charge in [0.1, 0.15) is 6.29 Å². The molecule has 4 nitrogen and oxygen atoms in total. The number of hydrogen-bond donors (Lipinski definition) is 0. The Hall–Kier alpha value is -2.75. The molecule has 0 bridgehead atoms. The van der Waals surface area contributed by atoms with Gasteiger partial charge in [0, 0.05) is 11.3 Å². The third-order valence-corrected chi connectivity index (χ3v) is 3.52. The predicted octanol–water partition coefficient (Wildman–Crippen LogP) is 2.47. The molecule has 0 unspecified atom stereocenters. The van der Waals surface area contributed by atoms with Crippen LogP contribution >= 0.6 is 0 Å². The minimum Gasteiger partial charge on any atom is -0.305 e. The van der Waals surface area contributed by atoms with Crippen LogP contribution in [0.1, 0.15) is 16.8 Å². The highest BCUT2D eigenvalue weighted by molar-refractivity contribution is 6.15. The lowest BCUT2D eigenvalue weighted by atomic mass is 10.0. The van der Waals surface area contributed by atoms with E-state index in [0.29, 0.717) is 5.56 Å². The van der Waals surface area contributed by atoms with Gasteiger partial charge < -0.3 is 4.90 Å². The second-order valence-corrected chi connectivity index (χ2v) is 4.99. The van der Waals surface area contributed by atoms with Crippen molar-refractivity contribution in [2.75, 3.05) is 11.4 Å². The Bertz CT molecular complexity index is 719. The number of Topliss-reactive ketones (excluding diaryl/α,β-unsaturated/α-hetero) is 1. The molecule has 1 saturated heterocycles. The van der Waals surface area contributed by atoms with Gasteiger partial charge in [0.05, 0.1) is 13.0 Å². The van der Waals surface area contributed by atoms with Gasteiger partial charge in [0.25, 0.3) is 0 Å². The van der Waals surface area contributed by atoms with Crippen molar-refractivity contribution in [2.45, 2.75) is 6.42 Å². The average molecular weight is 279 g/mol. The van der Waals surface area contributed by atoms with Crippen molar-refractivity contribution in [1.82, 2.24) is 0 Å². The maximum atomic E-state index is 11.8. The fraction of sp³-hybridized carbons (Fsp3) is 0.118. The zero-order valence-corrected chi connectivity index (χ0v) is 11.3. The summed E-state index contributed by atoms with van der Waals surface area (Å²) >= 11 is 0. The van der Waals surface area contributed by atoms with Gasteiger partial charge in [-0.15, -0.1) is 0 Å². The molecule has 0 atom stereocenters. The topological polar surface area (TPSA) is 54.5 Å². The molecule has 1 aliphatic rings. The fourth-order valence-electron chi connectivity index (χ4n) is 2.43. The molecule has 0 radical (unpaired) electrons. The number of hydrogen-bond acceptors (Lipinski definition) is 3. The van der Waals surface area contributed by atoms with Gasteiger partial charge in [-0.3, -0.25) is 14.4 Å². The van der Waals surface area contributed by atoms with E-state index in [-0.39, 0.29) is 24.7 Å². The van der Waals surface area contributed by atoms with Gasteiger partial charge in [0.2, 0.25) is 5.91 Å². The Morgan fingerprint density at radius 2 is 1.71 bits per heavy atom. The highest BCUT2D eigenvalue weighted by Gasteiger charge is 2.28. The minimum absolute atomic E-state index is 0.0156. The van der Waals surface area contributed by atoms with Gasteiger partial charge in [-0.2, -0.15) is 0 Å². The molecule has 1 amide bonds. The van der Waals surface area contributed by atoms with Crippen molar-refractivity contribution in [3.05, 3.63) is 54.1 Å². The van der Waals surface area contributed by atoms with E-state index in [1.807, 2.05) is 36.4 Å². The summed E-state index contributed by atoms with van der Waals surface area (Å²) in [7, 11) is 0. The zero-order valence-electron chi connectivity index (χ0n) is 11.3. The normalized spacial score (nSPS) is 14.6. The summed E-state index contributed by atoms with van der Waals surface area (Å²) in [6.45, 7) is 0.145. The molecule has 2 aromatic carbocycles. The number of aldehydes is 1. The van der Waals surface area contributed by atoms with Crippen molar-refractivity contribution >= 4 is 23.7 Å². The largest absolute Gasteiger partial charge is 0.305 e. The van der Waals surface area contributed by atoms with Gasteiger partial charge >= 0.3 is 0 Å². The van der Waals surface area contributed by atoms with Crippen molar-refractivity contribution in [3.63, 3.8) is 0 Å². The summed E-state index contributed by atoms with van der Waals surface area (Å²) in [6.07, 6.45) is 0.785. The SMILES string of the molecule is O=Cc1ccc(-c2cccc(N3CC(=O)CC3=O)c2)cc1. The zero-order chi connectivity index (χ0) is 14.8. The Labute approximate surface area is 122 Å². The Morgan fingerprint density at radius 1 is 0.952 bits per heavy atom. The summed E-state index contributed by atoms with van der Waals surface area (Å²) in [6, 6.07) is 14.7. The standard InChI is InChI=1S/C17H13NO3/c19-11-12-4-6-13(7-5-12)14-2-1-3-15(8-14)18-10-16(20)9-17(18)21/h1-8,11H,9-10H2. The van der Waals surface area contributed by atoms with Gasteiger partial charge in [-0.1, -0.05) is 36.4 Å². The molecule has 21 heavy (non-hydrogen) atoms. The average Bonchev–Trinajstić information content (AvgIpc) is 2.86. The molecule has 0 aromatic heterocycles. The van der Waals surface area contributed by atoms with E-state index in [2.05, 4.69) is 0 Å². The molecule has 1 heterocycles. The number of anilines is 1. The van der Waals surface area contributed by atoms with Crippen LogP contribution in [0, 0.1) is 0 Å². The lowest BCUT2D eigenvalue weighted by Crippen LogP contribution is -2.24. The molecule has 3 rings (SSSR count). The third kappa shape index (κ3) is 2.60. The fourth-order valence-corrected chi connectivity index (χ4v) is 2.43. The van der Waals surface area contributed by atoms with Crippen LogP contribution in [0.4, 0.5) is 5.69 Å². The lowest BCUT2D eigenvalue weighted by molar-refractivity contribution is -0.121. The molecule has 0 saturated carbocycles. The summed E-state index contributed by atoms with van der Waals surface area (Å²) in [5, 5.41) is 0. The first kappa shape index (κ1) is 13.2. The number of nitrogens with zero attached hydrogens (tertiary/aromatic N) is 1. The summed E-state index contributed by atoms with van der Waals surface area (Å²) in [5.41, 5.74) is 3.25. The van der Waals surface area contributed by atoms with Gasteiger partial charge in [-0.25, -0.2) is 0 Å². The number of carbonyl (C=O) groups excluding carboxylic acids is 3. The van der Waals surface area contributed by atoms with E-state index in [1.165, 1.54) is 4.90 Å². The first-order valence-corrected chi connectivity index (χ1v) is 6.65. The lowest BCUT2D eigenvalue weighted by Gasteiger charge is -2.15. The number of ketones is 1. The van der Waals surface area contributed by atoms with Crippen molar-refractivity contribution < 1.29 is 14.4 Å². The van der Waals surface area contributed by atoms with Gasteiger partial charge in [-0.05, 0) is 23.3 Å². The Kier molecular flexibility index (Phi) is 3.36. The maximum absolute atomic E-state index is 11.8. The van der Waals surface area contributed by atoms with Crippen LogP contribution in [-0.4, -0.2) is 24.5 Å². The third-order valence-electron chi connectivity index (χ3n) is 3.52. The van der Waals surface area contributed by atoms with Crippen LogP contribution in [0.15, 0.2) is 48.5 Å². The summed E-state index contributed by atoms with van der Waals surface area (Å²) in [5.74, 6) is -0.214. The molecule has 2 aromatic rings. The van der Waals surface area contributed by atoms with E-state index in [4.69, 9.17) is 0 Å². The van der Waals surface area contributed by atoms with Crippen molar-refractivity contribution in [3.8, 4) is 11.1 Å². The summed E-state index contributed by atoms with van der Waals surface area (Å²) < 4.78 is 0. The quantitative estimate of drug-likeness (QED) is 0.640. The molecule has 0 N–H and O–H groups in total. The molecule has 104 valence electrons. The van der Waals surface area contributed by atoms with Crippen molar-refractivity contribution in [2.24, 2.45) is 0 Å². The van der Waals surface area contributed by atoms with Crippen LogP contribution < -0.4 is 4.90 Å². The van der Waals surface area contributed by atoms with Crippen LogP contribution in [0.25, 0.3) is 11.1 Å². The molecule has 1 fully saturated rings. The predicted molar refractivity (Wildman–Crippen MR) is 79.2 cm³/mol. The van der Waals surface area contributed by atoms with Crippen LogP contribution in [0.5, 0.6) is 0 Å². The molecule has 1 aliphatic heterocycles. The van der Waals surface area contributed by atoms with E-state index >= 15 is 0 Å². The molecule has 0 aliphatic carbocycles. The number of benzene rings is 2. The molecular formula is C17H13NO3. The number of carbonyl (C=O) groups is 3. The van der Waals surface area contributed by atoms with Gasteiger partial charge in [0.15, 0.2) is 5.78 Å². The van der Waals surface area contributed by atoms with Crippen molar-refractivity contribution in [1.29, 1.82) is 0 Å². The second-order valence-electron chi connectivity index (χ2n) is 4.99. The first-order chi connectivity index (χ1) is 10.2.